The SMILES string of the molecule is CNS(=O)(=O)c1cc(NC(=O)C(NC(C)=O)C(C)C)ccc1C. The van der Waals surface area contributed by atoms with Crippen LogP contribution in [-0.4, -0.2) is 33.3 Å². The van der Waals surface area contributed by atoms with Gasteiger partial charge in [0.05, 0.1) is 4.90 Å². The van der Waals surface area contributed by atoms with Gasteiger partial charge < -0.3 is 10.6 Å². The van der Waals surface area contributed by atoms with Crippen LogP contribution in [0.3, 0.4) is 0 Å². The molecule has 0 saturated carbocycles. The highest BCUT2D eigenvalue weighted by Crippen LogP contribution is 2.20. The lowest BCUT2D eigenvalue weighted by Crippen LogP contribution is -2.46. The maximum absolute atomic E-state index is 12.3. The quantitative estimate of drug-likeness (QED) is 0.718. The third-order valence-corrected chi connectivity index (χ3v) is 4.88. The lowest BCUT2D eigenvalue weighted by molar-refractivity contribution is -0.126. The predicted octanol–water partition coefficient (Wildman–Crippen LogP) is 1.00. The summed E-state index contributed by atoms with van der Waals surface area (Å²) in [6.45, 7) is 6.63. The molecular formula is C15H23N3O4S. The van der Waals surface area contributed by atoms with Crippen LogP contribution in [0.15, 0.2) is 23.1 Å². The minimum Gasteiger partial charge on any atom is -0.344 e. The molecule has 0 spiro atoms. The Morgan fingerprint density at radius 2 is 1.78 bits per heavy atom. The fraction of sp³-hybridized carbons (Fsp3) is 0.467. The van der Waals surface area contributed by atoms with Gasteiger partial charge in [-0.05, 0) is 37.6 Å². The van der Waals surface area contributed by atoms with Crippen LogP contribution >= 0.6 is 0 Å². The van der Waals surface area contributed by atoms with Crippen LogP contribution in [0.25, 0.3) is 0 Å². The largest absolute Gasteiger partial charge is 0.344 e. The summed E-state index contributed by atoms with van der Waals surface area (Å²) in [4.78, 5) is 23.6. The Kier molecular flexibility index (Phi) is 6.28. The molecule has 23 heavy (non-hydrogen) atoms. The molecule has 1 aromatic rings. The number of aryl methyl sites for hydroxylation is 1. The second-order valence-corrected chi connectivity index (χ2v) is 7.45. The lowest BCUT2D eigenvalue weighted by atomic mass is 10.0. The Morgan fingerprint density at radius 3 is 2.26 bits per heavy atom. The van der Waals surface area contributed by atoms with Crippen molar-refractivity contribution in [3.05, 3.63) is 23.8 Å². The maximum Gasteiger partial charge on any atom is 0.247 e. The zero-order chi connectivity index (χ0) is 17.8. The van der Waals surface area contributed by atoms with Crippen molar-refractivity contribution in [1.29, 1.82) is 0 Å². The number of nitrogens with one attached hydrogen (secondary N) is 3. The van der Waals surface area contributed by atoms with Gasteiger partial charge in [-0.2, -0.15) is 0 Å². The number of hydrogen-bond donors (Lipinski definition) is 3. The average molecular weight is 341 g/mol. The van der Waals surface area contributed by atoms with Crippen LogP contribution in [0.4, 0.5) is 5.69 Å². The van der Waals surface area contributed by atoms with Gasteiger partial charge in [0, 0.05) is 12.6 Å². The number of anilines is 1. The van der Waals surface area contributed by atoms with E-state index in [1.54, 1.807) is 19.1 Å². The van der Waals surface area contributed by atoms with E-state index in [9.17, 15) is 18.0 Å². The first-order valence-corrected chi connectivity index (χ1v) is 8.69. The second kappa shape index (κ2) is 7.56. The molecule has 0 aromatic heterocycles. The number of hydrogen-bond acceptors (Lipinski definition) is 4. The number of benzene rings is 1. The molecular weight excluding hydrogens is 318 g/mol. The van der Waals surface area contributed by atoms with Gasteiger partial charge in [-0.3, -0.25) is 9.59 Å². The molecule has 128 valence electrons. The Balaban J connectivity index is 3.07. The molecule has 1 rings (SSSR count). The first-order valence-electron chi connectivity index (χ1n) is 7.20. The molecule has 1 atom stereocenters. The third kappa shape index (κ3) is 5.04. The van der Waals surface area contributed by atoms with Crippen molar-refractivity contribution in [3.8, 4) is 0 Å². The summed E-state index contributed by atoms with van der Waals surface area (Å²) in [5.41, 5.74) is 0.921. The molecule has 7 nitrogen and oxygen atoms in total. The van der Waals surface area contributed by atoms with Crippen LogP contribution in [0.1, 0.15) is 26.3 Å². The maximum atomic E-state index is 12.3. The van der Waals surface area contributed by atoms with Gasteiger partial charge in [0.25, 0.3) is 0 Å². The van der Waals surface area contributed by atoms with E-state index < -0.39 is 22.0 Å². The van der Waals surface area contributed by atoms with Crippen LogP contribution in [0, 0.1) is 12.8 Å². The van der Waals surface area contributed by atoms with Gasteiger partial charge in [-0.1, -0.05) is 19.9 Å². The summed E-state index contributed by atoms with van der Waals surface area (Å²) in [5.74, 6) is -0.807. The summed E-state index contributed by atoms with van der Waals surface area (Å²) in [7, 11) is -2.29. The summed E-state index contributed by atoms with van der Waals surface area (Å²) < 4.78 is 26.2. The molecule has 0 bridgehead atoms. The third-order valence-electron chi connectivity index (χ3n) is 3.32. The van der Waals surface area contributed by atoms with E-state index in [1.807, 2.05) is 13.8 Å². The Bertz CT molecular complexity index is 699. The Labute approximate surface area is 136 Å². The summed E-state index contributed by atoms with van der Waals surface area (Å²) >= 11 is 0. The van der Waals surface area contributed by atoms with E-state index in [2.05, 4.69) is 15.4 Å². The zero-order valence-electron chi connectivity index (χ0n) is 13.9. The normalized spacial score (nSPS) is 12.8. The van der Waals surface area contributed by atoms with Gasteiger partial charge in [0.15, 0.2) is 0 Å². The van der Waals surface area contributed by atoms with Crippen molar-refractivity contribution < 1.29 is 18.0 Å². The van der Waals surface area contributed by atoms with Crippen LogP contribution in [0.5, 0.6) is 0 Å². The topological polar surface area (TPSA) is 104 Å². The first kappa shape index (κ1) is 19.1. The number of rotatable bonds is 6. The van der Waals surface area contributed by atoms with E-state index in [0.29, 0.717) is 11.3 Å². The number of sulfonamides is 1. The van der Waals surface area contributed by atoms with Crippen molar-refractivity contribution in [2.45, 2.75) is 38.6 Å². The highest BCUT2D eigenvalue weighted by Gasteiger charge is 2.23. The average Bonchev–Trinajstić information content (AvgIpc) is 2.46. The lowest BCUT2D eigenvalue weighted by Gasteiger charge is -2.21. The van der Waals surface area contributed by atoms with Gasteiger partial charge in [-0.25, -0.2) is 13.1 Å². The van der Waals surface area contributed by atoms with Gasteiger partial charge in [-0.15, -0.1) is 0 Å². The first-order chi connectivity index (χ1) is 10.6. The summed E-state index contributed by atoms with van der Waals surface area (Å²) in [6, 6.07) is 3.93. The predicted molar refractivity (Wildman–Crippen MR) is 88.5 cm³/mol. The Morgan fingerprint density at radius 1 is 1.17 bits per heavy atom. The van der Waals surface area contributed by atoms with Crippen LogP contribution in [0.2, 0.25) is 0 Å². The Hall–Kier alpha value is -1.93. The second-order valence-electron chi connectivity index (χ2n) is 5.60. The summed E-state index contributed by atoms with van der Waals surface area (Å²) in [5, 5.41) is 5.23. The van der Waals surface area contributed by atoms with Crippen molar-refractivity contribution >= 4 is 27.5 Å². The van der Waals surface area contributed by atoms with E-state index in [-0.39, 0.29) is 16.7 Å². The van der Waals surface area contributed by atoms with Crippen molar-refractivity contribution in [1.82, 2.24) is 10.0 Å². The van der Waals surface area contributed by atoms with E-state index in [1.165, 1.54) is 20.0 Å². The standard InChI is InChI=1S/C15H23N3O4S/c1-9(2)14(17-11(4)19)15(20)18-12-7-6-10(3)13(8-12)23(21,22)16-5/h6-9,14,16H,1-5H3,(H,17,19)(H,18,20). The highest BCUT2D eigenvalue weighted by atomic mass is 32.2. The van der Waals surface area contributed by atoms with E-state index in [0.717, 1.165) is 0 Å². The molecule has 8 heteroatoms. The summed E-state index contributed by atoms with van der Waals surface area (Å²) in [6.07, 6.45) is 0. The molecule has 2 amide bonds. The molecule has 0 heterocycles. The number of carbonyl (C=O) groups excluding carboxylic acids is 2. The smallest absolute Gasteiger partial charge is 0.247 e. The molecule has 0 radical (unpaired) electrons. The molecule has 0 saturated heterocycles. The number of carbonyl (C=O) groups is 2. The molecule has 1 unspecified atom stereocenters. The van der Waals surface area contributed by atoms with Gasteiger partial charge in [0.1, 0.15) is 6.04 Å². The fourth-order valence-electron chi connectivity index (χ4n) is 2.05. The monoisotopic (exact) mass is 341 g/mol. The molecule has 0 aliphatic heterocycles. The highest BCUT2D eigenvalue weighted by molar-refractivity contribution is 7.89. The minimum atomic E-state index is -3.61. The molecule has 0 fully saturated rings. The fourth-order valence-corrected chi connectivity index (χ4v) is 3.05. The van der Waals surface area contributed by atoms with E-state index in [4.69, 9.17) is 0 Å². The van der Waals surface area contributed by atoms with E-state index >= 15 is 0 Å². The minimum absolute atomic E-state index is 0.0958. The molecule has 3 N–H and O–H groups in total. The van der Waals surface area contributed by atoms with Crippen molar-refractivity contribution in [2.24, 2.45) is 5.92 Å². The number of amides is 2. The molecule has 1 aromatic carbocycles. The zero-order valence-corrected chi connectivity index (χ0v) is 14.7. The van der Waals surface area contributed by atoms with Crippen LogP contribution < -0.4 is 15.4 Å². The van der Waals surface area contributed by atoms with Gasteiger partial charge in [0.2, 0.25) is 21.8 Å². The molecule has 0 aliphatic rings. The van der Waals surface area contributed by atoms with Crippen molar-refractivity contribution in [2.75, 3.05) is 12.4 Å². The van der Waals surface area contributed by atoms with Crippen LogP contribution in [-0.2, 0) is 19.6 Å². The molecule has 0 aliphatic carbocycles. The van der Waals surface area contributed by atoms with Gasteiger partial charge >= 0.3 is 0 Å². The van der Waals surface area contributed by atoms with Crippen molar-refractivity contribution in [3.63, 3.8) is 0 Å².